The van der Waals surface area contributed by atoms with E-state index in [1.165, 1.54) is 6.07 Å². The van der Waals surface area contributed by atoms with Crippen LogP contribution in [0.1, 0.15) is 18.5 Å². The molecule has 0 aliphatic heterocycles. The molecule has 100 valence electrons. The zero-order chi connectivity index (χ0) is 14.0. The lowest BCUT2D eigenvalue weighted by Gasteiger charge is -2.28. The highest BCUT2D eigenvalue weighted by molar-refractivity contribution is 9.10. The molecule has 0 heterocycles. The summed E-state index contributed by atoms with van der Waals surface area (Å²) in [4.78, 5) is 2.02. The number of nitrogens with zero attached hydrogens (tertiary/aromatic N) is 1. The van der Waals surface area contributed by atoms with Gasteiger partial charge in [-0.1, -0.05) is 18.2 Å². The molecule has 2 aromatic rings. The molecule has 2 N–H and O–H groups in total. The summed E-state index contributed by atoms with van der Waals surface area (Å²) in [5, 5.41) is 0. The summed E-state index contributed by atoms with van der Waals surface area (Å²) < 4.78 is 14.7. The number of nitrogens with two attached hydrogens (primary N) is 1. The second kappa shape index (κ2) is 5.61. The Kier molecular flexibility index (Phi) is 4.10. The van der Waals surface area contributed by atoms with Crippen molar-refractivity contribution in [3.05, 3.63) is 58.3 Å². The summed E-state index contributed by atoms with van der Waals surface area (Å²) in [5.41, 5.74) is 8.08. The molecule has 1 unspecified atom stereocenters. The van der Waals surface area contributed by atoms with Crippen molar-refractivity contribution in [1.29, 1.82) is 0 Å². The van der Waals surface area contributed by atoms with Crippen LogP contribution in [0, 0.1) is 5.82 Å². The molecule has 0 bridgehead atoms. The molecule has 0 spiro atoms. The normalized spacial score (nSPS) is 12.2. The molecule has 0 aliphatic rings. The molecule has 2 nitrogen and oxygen atoms in total. The number of halogens is 2. The van der Waals surface area contributed by atoms with Crippen LogP contribution in [0.5, 0.6) is 0 Å². The minimum absolute atomic E-state index is 0.0684. The second-order valence-electron chi connectivity index (χ2n) is 4.52. The largest absolute Gasteiger partial charge is 0.399 e. The third-order valence-electron chi connectivity index (χ3n) is 3.29. The summed E-state index contributed by atoms with van der Waals surface area (Å²) in [6.45, 7) is 1.97. The zero-order valence-electron chi connectivity index (χ0n) is 10.9. The van der Waals surface area contributed by atoms with E-state index in [1.54, 1.807) is 6.07 Å². The lowest BCUT2D eigenvalue weighted by Crippen LogP contribution is -2.22. The Hall–Kier alpha value is -1.55. The van der Waals surface area contributed by atoms with Crippen molar-refractivity contribution in [3.8, 4) is 0 Å². The van der Waals surface area contributed by atoms with Crippen LogP contribution in [0.4, 0.5) is 15.8 Å². The predicted octanol–water partition coefficient (Wildman–Crippen LogP) is 4.37. The van der Waals surface area contributed by atoms with E-state index in [2.05, 4.69) is 15.9 Å². The topological polar surface area (TPSA) is 29.3 Å². The van der Waals surface area contributed by atoms with Crippen LogP contribution in [-0.4, -0.2) is 7.05 Å². The molecule has 2 rings (SSSR count). The van der Waals surface area contributed by atoms with Crippen LogP contribution in [0.25, 0.3) is 0 Å². The van der Waals surface area contributed by atoms with E-state index < -0.39 is 0 Å². The summed E-state index contributed by atoms with van der Waals surface area (Å²) >= 11 is 3.49. The molecular formula is C15H16BrFN2. The van der Waals surface area contributed by atoms with Gasteiger partial charge in [-0.25, -0.2) is 4.39 Å². The SMILES string of the molecule is CC(c1ccccc1F)N(C)c1ccc(N)cc1Br. The van der Waals surface area contributed by atoms with Crippen LogP contribution in [0.15, 0.2) is 46.9 Å². The summed E-state index contributed by atoms with van der Waals surface area (Å²) in [6, 6.07) is 12.4. The number of benzene rings is 2. The van der Waals surface area contributed by atoms with E-state index in [0.29, 0.717) is 11.3 Å². The van der Waals surface area contributed by atoms with Gasteiger partial charge in [0.25, 0.3) is 0 Å². The van der Waals surface area contributed by atoms with Gasteiger partial charge in [0, 0.05) is 22.8 Å². The van der Waals surface area contributed by atoms with E-state index in [9.17, 15) is 4.39 Å². The first kappa shape index (κ1) is 13.9. The fraction of sp³-hybridized carbons (Fsp3) is 0.200. The van der Waals surface area contributed by atoms with Gasteiger partial charge in [0.2, 0.25) is 0 Å². The third-order valence-corrected chi connectivity index (χ3v) is 3.92. The average molecular weight is 323 g/mol. The number of rotatable bonds is 3. The van der Waals surface area contributed by atoms with Crippen molar-refractivity contribution in [3.63, 3.8) is 0 Å². The first-order valence-electron chi connectivity index (χ1n) is 6.03. The van der Waals surface area contributed by atoms with Gasteiger partial charge < -0.3 is 10.6 Å². The first-order valence-corrected chi connectivity index (χ1v) is 6.82. The quantitative estimate of drug-likeness (QED) is 0.850. The highest BCUT2D eigenvalue weighted by Gasteiger charge is 2.17. The summed E-state index contributed by atoms with van der Waals surface area (Å²) in [5.74, 6) is -0.187. The summed E-state index contributed by atoms with van der Waals surface area (Å²) in [7, 11) is 1.94. The van der Waals surface area contributed by atoms with Crippen molar-refractivity contribution in [2.75, 3.05) is 17.7 Å². The molecule has 1 atom stereocenters. The molecular weight excluding hydrogens is 307 g/mol. The van der Waals surface area contributed by atoms with Crippen LogP contribution < -0.4 is 10.6 Å². The van der Waals surface area contributed by atoms with E-state index in [0.717, 1.165) is 10.2 Å². The Balaban J connectivity index is 2.33. The molecule has 0 radical (unpaired) electrons. The number of hydrogen-bond acceptors (Lipinski definition) is 2. The molecule has 4 heteroatoms. The fourth-order valence-electron chi connectivity index (χ4n) is 2.04. The number of anilines is 2. The van der Waals surface area contributed by atoms with Crippen molar-refractivity contribution in [2.24, 2.45) is 0 Å². The van der Waals surface area contributed by atoms with Crippen molar-refractivity contribution >= 4 is 27.3 Å². The van der Waals surface area contributed by atoms with Gasteiger partial charge in [-0.3, -0.25) is 0 Å². The van der Waals surface area contributed by atoms with Gasteiger partial charge in [-0.15, -0.1) is 0 Å². The Bertz CT molecular complexity index is 586. The van der Waals surface area contributed by atoms with Crippen molar-refractivity contribution in [2.45, 2.75) is 13.0 Å². The second-order valence-corrected chi connectivity index (χ2v) is 5.37. The van der Waals surface area contributed by atoms with Crippen LogP contribution in [0.3, 0.4) is 0 Å². The standard InChI is InChI=1S/C15H16BrFN2/c1-10(12-5-3-4-6-14(12)17)19(2)15-8-7-11(18)9-13(15)16/h3-10H,18H2,1-2H3. The molecule has 19 heavy (non-hydrogen) atoms. The maximum atomic E-state index is 13.8. The predicted molar refractivity (Wildman–Crippen MR) is 81.8 cm³/mol. The Labute approximate surface area is 121 Å². The monoisotopic (exact) mass is 322 g/mol. The van der Waals surface area contributed by atoms with Gasteiger partial charge in [-0.2, -0.15) is 0 Å². The Morgan fingerprint density at radius 1 is 1.21 bits per heavy atom. The molecule has 0 amide bonds. The van der Waals surface area contributed by atoms with Gasteiger partial charge in [0.05, 0.1) is 11.7 Å². The van der Waals surface area contributed by atoms with Crippen LogP contribution in [0.2, 0.25) is 0 Å². The Morgan fingerprint density at radius 3 is 2.53 bits per heavy atom. The number of hydrogen-bond donors (Lipinski definition) is 1. The summed E-state index contributed by atoms with van der Waals surface area (Å²) in [6.07, 6.45) is 0. The van der Waals surface area contributed by atoms with Gasteiger partial charge >= 0.3 is 0 Å². The lowest BCUT2D eigenvalue weighted by molar-refractivity contribution is 0.585. The molecule has 0 fully saturated rings. The molecule has 0 saturated heterocycles. The average Bonchev–Trinajstić information content (AvgIpc) is 2.38. The van der Waals surface area contributed by atoms with Crippen molar-refractivity contribution < 1.29 is 4.39 Å². The zero-order valence-corrected chi connectivity index (χ0v) is 12.5. The molecule has 0 aromatic heterocycles. The third kappa shape index (κ3) is 2.89. The molecule has 0 saturated carbocycles. The van der Waals surface area contributed by atoms with E-state index in [-0.39, 0.29) is 11.9 Å². The van der Waals surface area contributed by atoms with Crippen molar-refractivity contribution in [1.82, 2.24) is 0 Å². The first-order chi connectivity index (χ1) is 9.00. The highest BCUT2D eigenvalue weighted by atomic mass is 79.9. The fourth-order valence-corrected chi connectivity index (χ4v) is 2.72. The number of nitrogen functional groups attached to an aromatic ring is 1. The Morgan fingerprint density at radius 2 is 1.89 bits per heavy atom. The molecule has 2 aromatic carbocycles. The van der Waals surface area contributed by atoms with E-state index in [4.69, 9.17) is 5.73 Å². The van der Waals surface area contributed by atoms with E-state index in [1.807, 2.05) is 49.2 Å². The maximum absolute atomic E-state index is 13.8. The minimum atomic E-state index is -0.187. The highest BCUT2D eigenvalue weighted by Crippen LogP contribution is 2.33. The minimum Gasteiger partial charge on any atom is -0.399 e. The maximum Gasteiger partial charge on any atom is 0.128 e. The van der Waals surface area contributed by atoms with Crippen LogP contribution in [-0.2, 0) is 0 Å². The van der Waals surface area contributed by atoms with Gasteiger partial charge in [0.1, 0.15) is 5.82 Å². The molecule has 0 aliphatic carbocycles. The van der Waals surface area contributed by atoms with Gasteiger partial charge in [0.15, 0.2) is 0 Å². The lowest BCUT2D eigenvalue weighted by atomic mass is 10.1. The van der Waals surface area contributed by atoms with Gasteiger partial charge in [-0.05, 0) is 47.1 Å². The van der Waals surface area contributed by atoms with E-state index >= 15 is 0 Å². The smallest absolute Gasteiger partial charge is 0.128 e. The van der Waals surface area contributed by atoms with Crippen LogP contribution >= 0.6 is 15.9 Å².